The van der Waals surface area contributed by atoms with Crippen LogP contribution < -0.4 is 0 Å². The van der Waals surface area contributed by atoms with Crippen LogP contribution in [0.4, 0.5) is 4.39 Å². The molecule has 0 N–H and O–H groups in total. The molecule has 70 valence electrons. The fraction of sp³-hybridized carbons (Fsp3) is 1.00. The highest BCUT2D eigenvalue weighted by molar-refractivity contribution is 4.91. The van der Waals surface area contributed by atoms with Gasteiger partial charge in [-0.2, -0.15) is 0 Å². The van der Waals surface area contributed by atoms with Crippen LogP contribution in [-0.2, 0) is 0 Å². The van der Waals surface area contributed by atoms with Gasteiger partial charge >= 0.3 is 0 Å². The van der Waals surface area contributed by atoms with E-state index in [0.717, 1.165) is 25.4 Å². The molecular weight excluding hydrogens is 153 g/mol. The molecule has 2 aliphatic heterocycles. The smallest absolute Gasteiger partial charge is 0.113 e. The summed E-state index contributed by atoms with van der Waals surface area (Å²) in [5.74, 6) is 0.635. The van der Waals surface area contributed by atoms with Gasteiger partial charge in [0.1, 0.15) is 6.17 Å². The molecule has 3 atom stereocenters. The van der Waals surface area contributed by atoms with Gasteiger partial charge in [-0.25, -0.2) is 4.39 Å². The van der Waals surface area contributed by atoms with Crippen molar-refractivity contribution in [1.82, 2.24) is 4.90 Å². The van der Waals surface area contributed by atoms with Crippen LogP contribution in [0.1, 0.15) is 32.6 Å². The molecule has 2 saturated heterocycles. The molecule has 2 heteroatoms. The van der Waals surface area contributed by atoms with E-state index in [2.05, 4.69) is 11.8 Å². The molecule has 2 heterocycles. The van der Waals surface area contributed by atoms with Crippen LogP contribution >= 0.6 is 0 Å². The van der Waals surface area contributed by atoms with E-state index in [0.29, 0.717) is 12.5 Å². The Labute approximate surface area is 73.9 Å². The maximum absolute atomic E-state index is 13.2. The average molecular weight is 171 g/mol. The molecule has 0 aromatic carbocycles. The molecular formula is C10H18FN. The predicted molar refractivity (Wildman–Crippen MR) is 47.9 cm³/mol. The van der Waals surface area contributed by atoms with Crippen molar-refractivity contribution in [2.45, 2.75) is 44.8 Å². The van der Waals surface area contributed by atoms with Crippen molar-refractivity contribution in [1.29, 1.82) is 0 Å². The summed E-state index contributed by atoms with van der Waals surface area (Å²) in [6.45, 7) is 4.04. The first-order valence-corrected chi connectivity index (χ1v) is 5.19. The van der Waals surface area contributed by atoms with Crippen LogP contribution in [0.25, 0.3) is 0 Å². The number of halogens is 1. The van der Waals surface area contributed by atoms with Gasteiger partial charge in [-0.05, 0) is 31.7 Å². The molecule has 0 aliphatic carbocycles. The van der Waals surface area contributed by atoms with Crippen LogP contribution in [0, 0.1) is 5.92 Å². The van der Waals surface area contributed by atoms with Gasteiger partial charge in [-0.15, -0.1) is 0 Å². The standard InChI is InChI=1S/C10H18FN/c1-2-8-6-9(11)7-12-5-3-4-10(8)12/h8-10H,2-7H2,1H3/t8?,9-,10?/m1/s1. The number of rotatable bonds is 1. The number of fused-ring (bicyclic) bond motifs is 1. The van der Waals surface area contributed by atoms with E-state index >= 15 is 0 Å². The molecule has 2 unspecified atom stereocenters. The molecule has 1 nitrogen and oxygen atoms in total. The zero-order valence-corrected chi connectivity index (χ0v) is 7.80. The topological polar surface area (TPSA) is 3.24 Å². The summed E-state index contributed by atoms with van der Waals surface area (Å²) in [5, 5.41) is 0. The van der Waals surface area contributed by atoms with E-state index in [-0.39, 0.29) is 0 Å². The molecule has 0 radical (unpaired) electrons. The van der Waals surface area contributed by atoms with Gasteiger partial charge in [0, 0.05) is 12.6 Å². The summed E-state index contributed by atoms with van der Waals surface area (Å²) < 4.78 is 13.2. The summed E-state index contributed by atoms with van der Waals surface area (Å²) in [6, 6.07) is 0.724. The van der Waals surface area contributed by atoms with Crippen LogP contribution in [0.15, 0.2) is 0 Å². The highest BCUT2D eigenvalue weighted by atomic mass is 19.1. The van der Waals surface area contributed by atoms with Gasteiger partial charge in [-0.3, -0.25) is 4.90 Å². The van der Waals surface area contributed by atoms with Crippen LogP contribution in [0.2, 0.25) is 0 Å². The second-order valence-corrected chi connectivity index (χ2v) is 4.21. The number of alkyl halides is 1. The first-order chi connectivity index (χ1) is 5.81. The Morgan fingerprint density at radius 1 is 1.50 bits per heavy atom. The molecule has 12 heavy (non-hydrogen) atoms. The Morgan fingerprint density at radius 3 is 3.08 bits per heavy atom. The Hall–Kier alpha value is -0.110. The number of piperidine rings is 1. The first kappa shape index (κ1) is 8.49. The molecule has 0 aromatic rings. The fourth-order valence-electron chi connectivity index (χ4n) is 2.87. The molecule has 2 aliphatic rings. The van der Waals surface area contributed by atoms with E-state index in [1.807, 2.05) is 0 Å². The van der Waals surface area contributed by atoms with Crippen molar-refractivity contribution < 1.29 is 4.39 Å². The zero-order chi connectivity index (χ0) is 8.55. The van der Waals surface area contributed by atoms with E-state index in [9.17, 15) is 4.39 Å². The minimum absolute atomic E-state index is 0.552. The van der Waals surface area contributed by atoms with E-state index in [4.69, 9.17) is 0 Å². The minimum atomic E-state index is -0.552. The van der Waals surface area contributed by atoms with Gasteiger partial charge in [0.25, 0.3) is 0 Å². The number of nitrogens with zero attached hydrogens (tertiary/aromatic N) is 1. The number of hydrogen-bond donors (Lipinski definition) is 0. The predicted octanol–water partition coefficient (Wildman–Crippen LogP) is 2.22. The van der Waals surface area contributed by atoms with Crippen LogP contribution in [0.3, 0.4) is 0 Å². The van der Waals surface area contributed by atoms with Crippen molar-refractivity contribution in [3.63, 3.8) is 0 Å². The summed E-state index contributed by atoms with van der Waals surface area (Å²) in [7, 11) is 0. The third kappa shape index (κ3) is 1.37. The van der Waals surface area contributed by atoms with Gasteiger partial charge in [0.2, 0.25) is 0 Å². The maximum Gasteiger partial charge on any atom is 0.113 e. The van der Waals surface area contributed by atoms with Crippen molar-refractivity contribution in [3.8, 4) is 0 Å². The van der Waals surface area contributed by atoms with E-state index < -0.39 is 6.17 Å². The first-order valence-electron chi connectivity index (χ1n) is 5.19. The third-order valence-electron chi connectivity index (χ3n) is 3.47. The van der Waals surface area contributed by atoms with E-state index in [1.54, 1.807) is 0 Å². The molecule has 2 rings (SSSR count). The number of hydrogen-bond acceptors (Lipinski definition) is 1. The molecule has 0 spiro atoms. The summed E-state index contributed by atoms with van der Waals surface area (Å²) in [5.41, 5.74) is 0. The lowest BCUT2D eigenvalue weighted by Gasteiger charge is -2.38. The second kappa shape index (κ2) is 3.33. The molecule has 0 saturated carbocycles. The molecule has 0 amide bonds. The minimum Gasteiger partial charge on any atom is -0.297 e. The van der Waals surface area contributed by atoms with Crippen molar-refractivity contribution in [3.05, 3.63) is 0 Å². The Kier molecular flexibility index (Phi) is 2.35. The highest BCUT2D eigenvalue weighted by Crippen LogP contribution is 2.34. The van der Waals surface area contributed by atoms with Gasteiger partial charge in [-0.1, -0.05) is 13.3 Å². The lowest BCUT2D eigenvalue weighted by atomic mass is 9.86. The van der Waals surface area contributed by atoms with Crippen LogP contribution in [-0.4, -0.2) is 30.2 Å². The Bertz CT molecular complexity index is 160. The summed E-state index contributed by atoms with van der Waals surface area (Å²) >= 11 is 0. The molecule has 0 bridgehead atoms. The third-order valence-corrected chi connectivity index (χ3v) is 3.47. The van der Waals surface area contributed by atoms with Crippen molar-refractivity contribution in [2.24, 2.45) is 5.92 Å². The van der Waals surface area contributed by atoms with Crippen molar-refractivity contribution in [2.75, 3.05) is 13.1 Å². The lowest BCUT2D eigenvalue weighted by Crippen LogP contribution is -2.45. The lowest BCUT2D eigenvalue weighted by molar-refractivity contribution is 0.0649. The SMILES string of the molecule is CCC1C[C@@H](F)CN2CCCC12. The Morgan fingerprint density at radius 2 is 2.33 bits per heavy atom. The maximum atomic E-state index is 13.2. The highest BCUT2D eigenvalue weighted by Gasteiger charge is 2.37. The quantitative estimate of drug-likeness (QED) is 0.584. The van der Waals surface area contributed by atoms with Gasteiger partial charge in [0.05, 0.1) is 0 Å². The van der Waals surface area contributed by atoms with E-state index in [1.165, 1.54) is 12.8 Å². The molecule has 0 aromatic heterocycles. The molecule has 2 fully saturated rings. The average Bonchev–Trinajstić information content (AvgIpc) is 2.50. The van der Waals surface area contributed by atoms with Gasteiger partial charge < -0.3 is 0 Å². The van der Waals surface area contributed by atoms with Crippen molar-refractivity contribution >= 4 is 0 Å². The van der Waals surface area contributed by atoms with Gasteiger partial charge in [0.15, 0.2) is 0 Å². The fourth-order valence-corrected chi connectivity index (χ4v) is 2.87. The monoisotopic (exact) mass is 171 g/mol. The summed E-state index contributed by atoms with van der Waals surface area (Å²) in [6.07, 6.45) is 4.02. The normalized spacial score (nSPS) is 43.0. The summed E-state index contributed by atoms with van der Waals surface area (Å²) in [4.78, 5) is 2.36. The second-order valence-electron chi connectivity index (χ2n) is 4.21. The zero-order valence-electron chi connectivity index (χ0n) is 7.80. The van der Waals surface area contributed by atoms with Crippen LogP contribution in [0.5, 0.6) is 0 Å². The largest absolute Gasteiger partial charge is 0.297 e. The Balaban J connectivity index is 2.04.